The van der Waals surface area contributed by atoms with Gasteiger partial charge in [-0.15, -0.1) is 0 Å². The lowest BCUT2D eigenvalue weighted by Gasteiger charge is -2.14. The van der Waals surface area contributed by atoms with Gasteiger partial charge < -0.3 is 19.5 Å². The summed E-state index contributed by atoms with van der Waals surface area (Å²) in [6.45, 7) is -0.211. The number of benzene rings is 2. The number of carbonyl (C=O) groups excluding carboxylic acids is 1. The van der Waals surface area contributed by atoms with Crippen LogP contribution in [0.1, 0.15) is 0 Å². The average molecular weight is 356 g/mol. The molecular formula is C16H15Cl2NO4. The molecule has 1 N–H and O–H groups in total. The SMILES string of the molecule is COc1cccc(OC)c1OCC(=O)Nc1ccc(Cl)c(Cl)c1. The first-order valence-corrected chi connectivity index (χ1v) is 7.39. The molecule has 0 spiro atoms. The van der Waals surface area contributed by atoms with Gasteiger partial charge in [0, 0.05) is 5.69 Å². The third kappa shape index (κ3) is 4.43. The summed E-state index contributed by atoms with van der Waals surface area (Å²) in [5, 5.41) is 3.44. The second-order valence-corrected chi connectivity index (χ2v) is 5.27. The summed E-state index contributed by atoms with van der Waals surface area (Å²) in [6.07, 6.45) is 0. The maximum absolute atomic E-state index is 12.0. The van der Waals surface area contributed by atoms with Gasteiger partial charge in [-0.05, 0) is 30.3 Å². The van der Waals surface area contributed by atoms with Gasteiger partial charge in [-0.1, -0.05) is 29.3 Å². The number of hydrogen-bond donors (Lipinski definition) is 1. The highest BCUT2D eigenvalue weighted by Gasteiger charge is 2.13. The largest absolute Gasteiger partial charge is 0.493 e. The first-order chi connectivity index (χ1) is 11.0. The first kappa shape index (κ1) is 17.2. The summed E-state index contributed by atoms with van der Waals surface area (Å²) in [4.78, 5) is 12.0. The van der Waals surface area contributed by atoms with E-state index >= 15 is 0 Å². The van der Waals surface area contributed by atoms with Crippen LogP contribution >= 0.6 is 23.2 Å². The van der Waals surface area contributed by atoms with Gasteiger partial charge in [0.15, 0.2) is 18.1 Å². The molecule has 0 radical (unpaired) electrons. The number of anilines is 1. The van der Waals surface area contributed by atoms with E-state index in [1.807, 2.05) is 0 Å². The highest BCUT2D eigenvalue weighted by atomic mass is 35.5. The van der Waals surface area contributed by atoms with E-state index < -0.39 is 0 Å². The fraction of sp³-hybridized carbons (Fsp3) is 0.188. The van der Waals surface area contributed by atoms with E-state index in [-0.39, 0.29) is 12.5 Å². The van der Waals surface area contributed by atoms with Crippen LogP contribution in [0.15, 0.2) is 36.4 Å². The molecule has 7 heteroatoms. The lowest BCUT2D eigenvalue weighted by atomic mass is 10.3. The first-order valence-electron chi connectivity index (χ1n) is 6.64. The van der Waals surface area contributed by atoms with Crippen LogP contribution in [0.2, 0.25) is 10.0 Å². The molecule has 0 aliphatic rings. The van der Waals surface area contributed by atoms with Gasteiger partial charge in [-0.3, -0.25) is 4.79 Å². The zero-order valence-corrected chi connectivity index (χ0v) is 14.1. The molecule has 23 heavy (non-hydrogen) atoms. The van der Waals surface area contributed by atoms with E-state index in [4.69, 9.17) is 37.4 Å². The molecule has 5 nitrogen and oxygen atoms in total. The van der Waals surface area contributed by atoms with Crippen LogP contribution in [0.25, 0.3) is 0 Å². The van der Waals surface area contributed by atoms with Crippen molar-refractivity contribution in [2.45, 2.75) is 0 Å². The number of carbonyl (C=O) groups is 1. The zero-order valence-electron chi connectivity index (χ0n) is 12.6. The van der Waals surface area contributed by atoms with Crippen molar-refractivity contribution < 1.29 is 19.0 Å². The van der Waals surface area contributed by atoms with Crippen LogP contribution < -0.4 is 19.5 Å². The van der Waals surface area contributed by atoms with Gasteiger partial charge in [-0.25, -0.2) is 0 Å². The molecule has 0 aliphatic heterocycles. The van der Waals surface area contributed by atoms with Crippen LogP contribution in [0.3, 0.4) is 0 Å². The summed E-state index contributed by atoms with van der Waals surface area (Å²) in [6, 6.07) is 10.0. The summed E-state index contributed by atoms with van der Waals surface area (Å²) < 4.78 is 15.9. The molecule has 2 rings (SSSR count). The Kier molecular flexibility index (Phi) is 5.96. The van der Waals surface area contributed by atoms with Crippen molar-refractivity contribution in [1.82, 2.24) is 0 Å². The van der Waals surface area contributed by atoms with Crippen molar-refractivity contribution in [2.75, 3.05) is 26.1 Å². The number of para-hydroxylation sites is 1. The number of halogens is 2. The van der Waals surface area contributed by atoms with E-state index in [9.17, 15) is 4.79 Å². The monoisotopic (exact) mass is 355 g/mol. The predicted molar refractivity (Wildman–Crippen MR) is 90.1 cm³/mol. The van der Waals surface area contributed by atoms with Gasteiger partial charge in [0.05, 0.1) is 24.3 Å². The average Bonchev–Trinajstić information content (AvgIpc) is 2.55. The maximum atomic E-state index is 12.0. The highest BCUT2D eigenvalue weighted by molar-refractivity contribution is 6.42. The molecular weight excluding hydrogens is 341 g/mol. The molecule has 0 aromatic heterocycles. The summed E-state index contributed by atoms with van der Waals surface area (Å²) in [5.74, 6) is 0.969. The highest BCUT2D eigenvalue weighted by Crippen LogP contribution is 2.36. The quantitative estimate of drug-likeness (QED) is 0.849. The number of amides is 1. The molecule has 0 saturated carbocycles. The summed E-state index contributed by atoms with van der Waals surface area (Å²) >= 11 is 11.7. The second-order valence-electron chi connectivity index (χ2n) is 4.46. The minimum Gasteiger partial charge on any atom is -0.493 e. The normalized spacial score (nSPS) is 10.1. The number of hydrogen-bond acceptors (Lipinski definition) is 4. The van der Waals surface area contributed by atoms with E-state index in [1.165, 1.54) is 14.2 Å². The van der Waals surface area contributed by atoms with Crippen molar-refractivity contribution in [2.24, 2.45) is 0 Å². The van der Waals surface area contributed by atoms with Crippen LogP contribution in [0.4, 0.5) is 5.69 Å². The standard InChI is InChI=1S/C16H15Cl2NO4/c1-21-13-4-3-5-14(22-2)16(13)23-9-15(20)19-10-6-7-11(17)12(18)8-10/h3-8H,9H2,1-2H3,(H,19,20). The number of ether oxygens (including phenoxy) is 3. The zero-order chi connectivity index (χ0) is 16.8. The molecule has 0 fully saturated rings. The minimum atomic E-state index is -0.351. The van der Waals surface area contributed by atoms with Crippen molar-refractivity contribution in [3.8, 4) is 17.2 Å². The van der Waals surface area contributed by atoms with Crippen LogP contribution in [0.5, 0.6) is 17.2 Å². The number of nitrogens with one attached hydrogen (secondary N) is 1. The summed E-state index contributed by atoms with van der Waals surface area (Å²) in [7, 11) is 3.02. The molecule has 0 heterocycles. The minimum absolute atomic E-state index is 0.211. The molecule has 0 saturated heterocycles. The predicted octanol–water partition coefficient (Wildman–Crippen LogP) is 4.03. The third-order valence-electron chi connectivity index (χ3n) is 2.93. The van der Waals surface area contributed by atoms with Crippen molar-refractivity contribution >= 4 is 34.8 Å². The fourth-order valence-electron chi connectivity index (χ4n) is 1.87. The van der Waals surface area contributed by atoms with Crippen molar-refractivity contribution in [3.05, 3.63) is 46.4 Å². The molecule has 0 aliphatic carbocycles. The van der Waals surface area contributed by atoms with Crippen molar-refractivity contribution in [3.63, 3.8) is 0 Å². The molecule has 0 atom stereocenters. The molecule has 122 valence electrons. The molecule has 2 aromatic carbocycles. The van der Waals surface area contributed by atoms with E-state index in [0.717, 1.165) is 0 Å². The topological polar surface area (TPSA) is 56.8 Å². The Labute approximate surface area is 144 Å². The van der Waals surface area contributed by atoms with Crippen LogP contribution in [-0.4, -0.2) is 26.7 Å². The molecule has 2 aromatic rings. The summed E-state index contributed by atoms with van der Waals surface area (Å²) in [5.41, 5.74) is 0.528. The Morgan fingerprint density at radius 3 is 2.26 bits per heavy atom. The van der Waals surface area contributed by atoms with Gasteiger partial charge in [0.1, 0.15) is 0 Å². The van der Waals surface area contributed by atoms with E-state index in [0.29, 0.717) is 33.0 Å². The Bertz CT molecular complexity index is 684. The Morgan fingerprint density at radius 1 is 1.04 bits per heavy atom. The smallest absolute Gasteiger partial charge is 0.262 e. The lowest BCUT2D eigenvalue weighted by Crippen LogP contribution is -2.20. The molecule has 1 amide bonds. The van der Waals surface area contributed by atoms with Crippen LogP contribution in [0, 0.1) is 0 Å². The van der Waals surface area contributed by atoms with Crippen LogP contribution in [-0.2, 0) is 4.79 Å². The molecule has 0 bridgehead atoms. The Morgan fingerprint density at radius 2 is 1.70 bits per heavy atom. The van der Waals surface area contributed by atoms with Gasteiger partial charge in [0.25, 0.3) is 5.91 Å². The van der Waals surface area contributed by atoms with Crippen molar-refractivity contribution in [1.29, 1.82) is 0 Å². The third-order valence-corrected chi connectivity index (χ3v) is 3.67. The van der Waals surface area contributed by atoms with E-state index in [2.05, 4.69) is 5.32 Å². The van der Waals surface area contributed by atoms with Gasteiger partial charge >= 0.3 is 0 Å². The van der Waals surface area contributed by atoms with Gasteiger partial charge in [0.2, 0.25) is 5.75 Å². The second kappa shape index (κ2) is 7.94. The number of rotatable bonds is 6. The number of methoxy groups -OCH3 is 2. The maximum Gasteiger partial charge on any atom is 0.262 e. The molecule has 0 unspecified atom stereocenters. The van der Waals surface area contributed by atoms with E-state index in [1.54, 1.807) is 36.4 Å². The fourth-order valence-corrected chi connectivity index (χ4v) is 2.17. The van der Waals surface area contributed by atoms with Gasteiger partial charge in [-0.2, -0.15) is 0 Å². The Balaban J connectivity index is 2.03. The lowest BCUT2D eigenvalue weighted by molar-refractivity contribution is -0.118. The Hall–Kier alpha value is -2.11.